The molecule has 3 rings (SSSR count). The zero-order chi connectivity index (χ0) is 30.8. The van der Waals surface area contributed by atoms with E-state index in [0.717, 1.165) is 11.0 Å². The molecule has 0 aromatic heterocycles. The van der Waals surface area contributed by atoms with Gasteiger partial charge >= 0.3 is 12.3 Å². The van der Waals surface area contributed by atoms with E-state index in [1.165, 1.54) is 20.1 Å². The summed E-state index contributed by atoms with van der Waals surface area (Å²) in [6, 6.07) is 9.59. The van der Waals surface area contributed by atoms with E-state index in [-0.39, 0.29) is 18.8 Å². The molecule has 1 saturated heterocycles. The zero-order valence-corrected chi connectivity index (χ0v) is 24.1. The summed E-state index contributed by atoms with van der Waals surface area (Å²) in [6.07, 6.45) is -5.59. The predicted octanol–water partition coefficient (Wildman–Crippen LogP) is 5.35. The number of nitrogens with one attached hydrogen (secondary N) is 1. The smallest absolute Gasteiger partial charge is 0.419 e. The minimum atomic E-state index is -4.80. The van der Waals surface area contributed by atoms with E-state index < -0.39 is 58.7 Å². The van der Waals surface area contributed by atoms with Crippen LogP contribution in [0.15, 0.2) is 42.5 Å². The molecule has 1 atom stereocenters. The molecule has 1 aliphatic rings. The van der Waals surface area contributed by atoms with Crippen LogP contribution in [0.3, 0.4) is 0 Å². The maximum atomic E-state index is 13.9. The highest BCUT2D eigenvalue weighted by Crippen LogP contribution is 2.38. The van der Waals surface area contributed by atoms with Gasteiger partial charge < -0.3 is 24.3 Å². The lowest BCUT2D eigenvalue weighted by molar-refractivity contribution is -0.139. The Balaban J connectivity index is 1.73. The lowest BCUT2D eigenvalue weighted by Crippen LogP contribution is -2.62. The fourth-order valence-electron chi connectivity index (χ4n) is 4.32. The number of carbonyl (C=O) groups is 3. The molecule has 0 saturated carbocycles. The number of hydrogen-bond donors (Lipinski definition) is 1. The maximum absolute atomic E-state index is 13.9. The fourth-order valence-corrected chi connectivity index (χ4v) is 4.32. The average Bonchev–Trinajstić information content (AvgIpc) is 3.14. The quantitative estimate of drug-likeness (QED) is 0.420. The molecule has 1 heterocycles. The van der Waals surface area contributed by atoms with Gasteiger partial charge in [-0.2, -0.15) is 13.2 Å². The number of methoxy groups -OCH3 is 1. The number of amides is 2. The second-order valence-corrected chi connectivity index (χ2v) is 11.3. The third kappa shape index (κ3) is 7.49. The summed E-state index contributed by atoms with van der Waals surface area (Å²) in [4.78, 5) is 40.2. The Bertz CT molecular complexity index is 1290. The first-order valence-corrected chi connectivity index (χ1v) is 12.8. The second-order valence-electron chi connectivity index (χ2n) is 11.3. The van der Waals surface area contributed by atoms with Crippen LogP contribution in [0.2, 0.25) is 0 Å². The van der Waals surface area contributed by atoms with Crippen molar-refractivity contribution < 1.29 is 46.5 Å². The number of ether oxygens (including phenoxy) is 4. The van der Waals surface area contributed by atoms with Gasteiger partial charge in [0.05, 0.1) is 25.8 Å². The first-order valence-electron chi connectivity index (χ1n) is 12.8. The SMILES string of the molecule is COc1ccc(COc2ccc(C(=O)CNC(=O)C3(C)COC(C)(C)N3C(=O)OC(C)(C)C)cc2C(F)(F)F)cc1. The van der Waals surface area contributed by atoms with Gasteiger partial charge in [0.25, 0.3) is 0 Å². The van der Waals surface area contributed by atoms with Gasteiger partial charge in [-0.25, -0.2) is 4.79 Å². The van der Waals surface area contributed by atoms with Gasteiger partial charge in [-0.05, 0) is 77.4 Å². The van der Waals surface area contributed by atoms with Crippen molar-refractivity contribution in [1.29, 1.82) is 0 Å². The summed E-state index contributed by atoms with van der Waals surface area (Å²) in [7, 11) is 1.50. The van der Waals surface area contributed by atoms with Crippen molar-refractivity contribution in [3.8, 4) is 11.5 Å². The highest BCUT2D eigenvalue weighted by Gasteiger charge is 2.57. The van der Waals surface area contributed by atoms with E-state index in [1.807, 2.05) is 0 Å². The van der Waals surface area contributed by atoms with Crippen LogP contribution in [0.4, 0.5) is 18.0 Å². The monoisotopic (exact) mass is 580 g/mol. The van der Waals surface area contributed by atoms with Crippen LogP contribution in [0.25, 0.3) is 0 Å². The van der Waals surface area contributed by atoms with Gasteiger partial charge in [-0.1, -0.05) is 12.1 Å². The molecular formula is C29H35F3N2O7. The fraction of sp³-hybridized carbons (Fsp3) is 0.483. The van der Waals surface area contributed by atoms with Gasteiger partial charge in [0.1, 0.15) is 35.0 Å². The van der Waals surface area contributed by atoms with Crippen LogP contribution in [0.1, 0.15) is 63.0 Å². The summed E-state index contributed by atoms with van der Waals surface area (Å²) in [5, 5.41) is 2.44. The number of nitrogens with zero attached hydrogens (tertiary/aromatic N) is 1. The first-order chi connectivity index (χ1) is 18.9. The number of halogens is 3. The zero-order valence-electron chi connectivity index (χ0n) is 24.1. The molecule has 0 spiro atoms. The molecule has 0 radical (unpaired) electrons. The molecule has 224 valence electrons. The van der Waals surface area contributed by atoms with E-state index >= 15 is 0 Å². The number of carbonyl (C=O) groups excluding carboxylic acids is 3. The van der Waals surface area contributed by atoms with E-state index in [0.29, 0.717) is 17.4 Å². The van der Waals surface area contributed by atoms with Crippen molar-refractivity contribution in [1.82, 2.24) is 10.2 Å². The van der Waals surface area contributed by atoms with Crippen LogP contribution >= 0.6 is 0 Å². The molecule has 41 heavy (non-hydrogen) atoms. The van der Waals surface area contributed by atoms with Gasteiger partial charge in [0.15, 0.2) is 5.78 Å². The number of hydrogen-bond acceptors (Lipinski definition) is 7. The number of ketones is 1. The number of alkyl halides is 3. The molecule has 2 aromatic carbocycles. The first kappa shape index (κ1) is 31.7. The maximum Gasteiger partial charge on any atom is 0.419 e. The normalized spacial score (nSPS) is 18.5. The van der Waals surface area contributed by atoms with Crippen LogP contribution in [0.5, 0.6) is 11.5 Å². The second kappa shape index (κ2) is 11.6. The van der Waals surface area contributed by atoms with Crippen LogP contribution in [-0.4, -0.2) is 59.8 Å². The van der Waals surface area contributed by atoms with Crippen LogP contribution in [-0.2, 0) is 27.1 Å². The third-order valence-corrected chi connectivity index (χ3v) is 6.37. The molecule has 2 aromatic rings. The Labute approximate surface area is 236 Å². The Kier molecular flexibility index (Phi) is 8.97. The third-order valence-electron chi connectivity index (χ3n) is 6.37. The van der Waals surface area contributed by atoms with E-state index in [9.17, 15) is 27.6 Å². The molecule has 9 nitrogen and oxygen atoms in total. The number of rotatable bonds is 8. The highest BCUT2D eigenvalue weighted by molar-refractivity contribution is 6.01. The Morgan fingerprint density at radius 1 is 1.02 bits per heavy atom. The van der Waals surface area contributed by atoms with Gasteiger partial charge in [0, 0.05) is 5.56 Å². The minimum absolute atomic E-state index is 0.137. The molecule has 2 amide bonds. The van der Waals surface area contributed by atoms with E-state index in [4.69, 9.17) is 18.9 Å². The van der Waals surface area contributed by atoms with Gasteiger partial charge in [-0.3, -0.25) is 14.5 Å². The molecule has 0 aliphatic carbocycles. The summed E-state index contributed by atoms with van der Waals surface area (Å²) in [5.74, 6) is -1.34. The molecular weight excluding hydrogens is 545 g/mol. The molecule has 0 bridgehead atoms. The number of Topliss-reactive ketones (excluding diaryl/α,β-unsaturated/α-hetero) is 1. The summed E-state index contributed by atoms with van der Waals surface area (Å²) < 4.78 is 63.2. The molecule has 1 aliphatic heterocycles. The van der Waals surface area contributed by atoms with E-state index in [1.54, 1.807) is 58.9 Å². The molecule has 1 N–H and O–H groups in total. The summed E-state index contributed by atoms with van der Waals surface area (Å²) >= 11 is 0. The average molecular weight is 581 g/mol. The summed E-state index contributed by atoms with van der Waals surface area (Å²) in [5.41, 5.74) is -4.35. The topological polar surface area (TPSA) is 103 Å². The molecule has 1 unspecified atom stereocenters. The molecule has 12 heteroatoms. The Morgan fingerprint density at radius 3 is 2.22 bits per heavy atom. The minimum Gasteiger partial charge on any atom is -0.497 e. The van der Waals surface area contributed by atoms with E-state index in [2.05, 4.69) is 5.32 Å². The van der Waals surface area contributed by atoms with Gasteiger partial charge in [0.2, 0.25) is 5.91 Å². The lowest BCUT2D eigenvalue weighted by atomic mass is 9.99. The molecule has 1 fully saturated rings. The lowest BCUT2D eigenvalue weighted by Gasteiger charge is -2.39. The standard InChI is InChI=1S/C29H35F3N2O7/c1-26(2,3)41-25(37)34-27(4,5)40-17-28(34,6)24(36)33-15-22(35)19-10-13-23(21(14-19)29(30,31)32)39-16-18-8-11-20(38-7)12-9-18/h8-14H,15-17H2,1-7H3,(H,33,36). The van der Waals surface area contributed by atoms with Crippen molar-refractivity contribution in [2.24, 2.45) is 0 Å². The Morgan fingerprint density at radius 2 is 1.66 bits per heavy atom. The van der Waals surface area contributed by atoms with Crippen molar-refractivity contribution >= 4 is 17.8 Å². The van der Waals surface area contributed by atoms with Crippen molar-refractivity contribution in [2.45, 2.75) is 71.2 Å². The number of benzene rings is 2. The van der Waals surface area contributed by atoms with Crippen LogP contribution < -0.4 is 14.8 Å². The highest BCUT2D eigenvalue weighted by atomic mass is 19.4. The van der Waals surface area contributed by atoms with Crippen molar-refractivity contribution in [2.75, 3.05) is 20.3 Å². The summed E-state index contributed by atoms with van der Waals surface area (Å²) in [6.45, 7) is 8.75. The van der Waals surface area contributed by atoms with Crippen molar-refractivity contribution in [3.05, 3.63) is 59.2 Å². The Hall–Kier alpha value is -3.80. The van der Waals surface area contributed by atoms with Crippen molar-refractivity contribution in [3.63, 3.8) is 0 Å². The largest absolute Gasteiger partial charge is 0.497 e. The predicted molar refractivity (Wildman–Crippen MR) is 143 cm³/mol. The van der Waals surface area contributed by atoms with Crippen LogP contribution in [0, 0.1) is 0 Å². The van der Waals surface area contributed by atoms with Gasteiger partial charge in [-0.15, -0.1) is 0 Å².